The Morgan fingerprint density at radius 3 is 1.37 bits per heavy atom. The van der Waals surface area contributed by atoms with Crippen LogP contribution >= 0.6 is 0 Å². The van der Waals surface area contributed by atoms with Gasteiger partial charge in [0.05, 0.1) is 0 Å². The molecule has 46 heavy (non-hydrogen) atoms. The fourth-order valence-electron chi connectivity index (χ4n) is 5.53. The molecule has 0 saturated heterocycles. The van der Waals surface area contributed by atoms with E-state index in [4.69, 9.17) is 4.74 Å². The fourth-order valence-corrected chi connectivity index (χ4v) is 5.53. The van der Waals surface area contributed by atoms with Crippen molar-refractivity contribution in [1.82, 2.24) is 9.80 Å². The highest BCUT2D eigenvalue weighted by atomic mass is 16.6. The van der Waals surface area contributed by atoms with Crippen molar-refractivity contribution >= 4 is 6.09 Å². The van der Waals surface area contributed by atoms with Gasteiger partial charge in [0.2, 0.25) is 0 Å². The maximum absolute atomic E-state index is 13.0. The molecule has 0 saturated carbocycles. The number of allylic oxidation sites excluding steroid dienone is 8. The molecule has 0 aliphatic rings. The number of hydrogen-bond donors (Lipinski definition) is 0. The predicted octanol–water partition coefficient (Wildman–Crippen LogP) is 13.0. The van der Waals surface area contributed by atoms with Gasteiger partial charge in [-0.25, -0.2) is 4.79 Å². The van der Waals surface area contributed by atoms with Crippen LogP contribution in [0.4, 0.5) is 4.79 Å². The number of carbonyl (C=O) groups excluding carboxylic acids is 1. The Balaban J connectivity index is 4.26. The van der Waals surface area contributed by atoms with E-state index in [9.17, 15) is 4.79 Å². The molecule has 0 N–H and O–H groups in total. The molecule has 0 radical (unpaired) electrons. The molecule has 0 aliphatic carbocycles. The monoisotopic (exact) mass is 643 g/mol. The number of rotatable bonds is 33. The quantitative estimate of drug-likeness (QED) is 0.0527. The van der Waals surface area contributed by atoms with E-state index < -0.39 is 0 Å². The summed E-state index contributed by atoms with van der Waals surface area (Å²) >= 11 is 0. The van der Waals surface area contributed by atoms with Crippen LogP contribution in [0, 0.1) is 0 Å². The molecule has 0 aliphatic heterocycles. The Hall–Kier alpha value is -1.81. The summed E-state index contributed by atoms with van der Waals surface area (Å²) in [4.78, 5) is 17.0. The second-order valence-corrected chi connectivity index (χ2v) is 13.4. The molecule has 1 amide bonds. The normalized spacial score (nSPS) is 12.9. The highest BCUT2D eigenvalue weighted by Crippen LogP contribution is 2.18. The van der Waals surface area contributed by atoms with Crippen LogP contribution in [-0.4, -0.2) is 55.7 Å². The Labute approximate surface area is 288 Å². The van der Waals surface area contributed by atoms with E-state index in [2.05, 4.69) is 81.5 Å². The Bertz CT molecular complexity index is 755. The first-order chi connectivity index (χ1) is 22.5. The molecule has 0 fully saturated rings. The molecule has 0 spiro atoms. The molecule has 0 bridgehead atoms. The van der Waals surface area contributed by atoms with Gasteiger partial charge < -0.3 is 14.5 Å². The number of likely N-dealkylation sites (N-methyl/N-ethyl adjacent to an activating group) is 2. The third-order valence-corrected chi connectivity index (χ3v) is 8.68. The Morgan fingerprint density at radius 1 is 0.522 bits per heavy atom. The molecule has 0 heterocycles. The van der Waals surface area contributed by atoms with Crippen molar-refractivity contribution < 1.29 is 9.53 Å². The molecule has 4 nitrogen and oxygen atoms in total. The molecule has 1 unspecified atom stereocenters. The topological polar surface area (TPSA) is 32.8 Å². The van der Waals surface area contributed by atoms with Gasteiger partial charge in [-0.05, 0) is 104 Å². The van der Waals surface area contributed by atoms with E-state index in [0.717, 1.165) is 51.6 Å². The van der Waals surface area contributed by atoms with Crippen molar-refractivity contribution in [2.24, 2.45) is 0 Å². The van der Waals surface area contributed by atoms with Gasteiger partial charge in [0.15, 0.2) is 0 Å². The SMILES string of the molecule is CCCC/C=C/C/C=C/CCCCCCCCC(CCCCCCC/C=C/C/C=C/CCCCC)OC(=O)N(CC)CCN(C)C. The molecule has 0 rings (SSSR count). The van der Waals surface area contributed by atoms with Crippen LogP contribution in [0.25, 0.3) is 0 Å². The summed E-state index contributed by atoms with van der Waals surface area (Å²) in [5.74, 6) is 0. The molecule has 268 valence electrons. The maximum Gasteiger partial charge on any atom is 0.410 e. The van der Waals surface area contributed by atoms with Crippen LogP contribution in [0.1, 0.15) is 175 Å². The zero-order valence-corrected chi connectivity index (χ0v) is 31.5. The molecule has 0 aromatic heterocycles. The number of hydrogen-bond acceptors (Lipinski definition) is 3. The minimum absolute atomic E-state index is 0.0556. The zero-order valence-electron chi connectivity index (χ0n) is 31.5. The minimum atomic E-state index is -0.124. The maximum atomic E-state index is 13.0. The van der Waals surface area contributed by atoms with Crippen LogP contribution in [0.3, 0.4) is 0 Å². The van der Waals surface area contributed by atoms with Gasteiger partial charge in [-0.2, -0.15) is 0 Å². The van der Waals surface area contributed by atoms with Gasteiger partial charge in [0.25, 0.3) is 0 Å². The van der Waals surface area contributed by atoms with Gasteiger partial charge in [0.1, 0.15) is 6.10 Å². The second-order valence-electron chi connectivity index (χ2n) is 13.4. The first-order valence-electron chi connectivity index (χ1n) is 19.7. The van der Waals surface area contributed by atoms with Crippen LogP contribution in [0.2, 0.25) is 0 Å². The first-order valence-corrected chi connectivity index (χ1v) is 19.7. The summed E-state index contributed by atoms with van der Waals surface area (Å²) in [7, 11) is 4.10. The molecule has 4 heteroatoms. The lowest BCUT2D eigenvalue weighted by molar-refractivity contribution is 0.0524. The third-order valence-electron chi connectivity index (χ3n) is 8.68. The highest BCUT2D eigenvalue weighted by molar-refractivity contribution is 5.67. The average molecular weight is 643 g/mol. The van der Waals surface area contributed by atoms with E-state index >= 15 is 0 Å². The number of unbranched alkanes of at least 4 members (excludes halogenated alkanes) is 16. The summed E-state index contributed by atoms with van der Waals surface area (Å²) in [6.07, 6.45) is 48.0. The van der Waals surface area contributed by atoms with Gasteiger partial charge in [0, 0.05) is 19.6 Å². The van der Waals surface area contributed by atoms with E-state index in [1.54, 1.807) is 0 Å². The Morgan fingerprint density at radius 2 is 0.935 bits per heavy atom. The lowest BCUT2D eigenvalue weighted by Crippen LogP contribution is -2.38. The van der Waals surface area contributed by atoms with Gasteiger partial charge >= 0.3 is 6.09 Å². The average Bonchev–Trinajstić information content (AvgIpc) is 3.04. The van der Waals surface area contributed by atoms with Gasteiger partial charge in [-0.1, -0.05) is 133 Å². The standard InChI is InChI=1S/C42H78N2O2/c1-6-9-11-13-15-17-19-21-23-25-27-29-31-33-35-37-41(46-42(45)44(8-3)40-39-43(4)5)38-36-34-32-30-28-26-24-22-20-18-16-14-12-10-7-2/h13,15-16,18-19,21-22,24,41H,6-12,14,17,20,23,25-40H2,1-5H3/b15-13+,18-16+,21-19+,24-22+. The van der Waals surface area contributed by atoms with Crippen molar-refractivity contribution in [1.29, 1.82) is 0 Å². The van der Waals surface area contributed by atoms with Crippen molar-refractivity contribution in [3.05, 3.63) is 48.6 Å². The molecular weight excluding hydrogens is 564 g/mol. The largest absolute Gasteiger partial charge is 0.446 e. The van der Waals surface area contributed by atoms with Crippen LogP contribution in [-0.2, 0) is 4.74 Å². The van der Waals surface area contributed by atoms with Gasteiger partial charge in [-0.3, -0.25) is 0 Å². The lowest BCUT2D eigenvalue weighted by Gasteiger charge is -2.26. The lowest BCUT2D eigenvalue weighted by atomic mass is 10.0. The van der Waals surface area contributed by atoms with E-state index in [1.165, 1.54) is 116 Å². The van der Waals surface area contributed by atoms with Crippen molar-refractivity contribution in [3.63, 3.8) is 0 Å². The van der Waals surface area contributed by atoms with Crippen molar-refractivity contribution in [2.45, 2.75) is 181 Å². The minimum Gasteiger partial charge on any atom is -0.446 e. The number of amides is 1. The molecule has 0 aromatic rings. The fraction of sp³-hybridized carbons (Fsp3) is 0.786. The second kappa shape index (κ2) is 36.0. The Kier molecular flexibility index (Phi) is 34.6. The summed E-state index contributed by atoms with van der Waals surface area (Å²) in [6.45, 7) is 8.85. The van der Waals surface area contributed by atoms with E-state index in [1.807, 2.05) is 11.8 Å². The summed E-state index contributed by atoms with van der Waals surface area (Å²) < 4.78 is 6.12. The van der Waals surface area contributed by atoms with Crippen LogP contribution in [0.15, 0.2) is 48.6 Å². The van der Waals surface area contributed by atoms with E-state index in [-0.39, 0.29) is 12.2 Å². The zero-order chi connectivity index (χ0) is 33.8. The van der Waals surface area contributed by atoms with Crippen molar-refractivity contribution in [2.75, 3.05) is 33.7 Å². The summed E-state index contributed by atoms with van der Waals surface area (Å²) in [6, 6.07) is 0. The smallest absolute Gasteiger partial charge is 0.410 e. The first kappa shape index (κ1) is 44.2. The van der Waals surface area contributed by atoms with Crippen LogP contribution in [0.5, 0.6) is 0 Å². The molecule has 0 aromatic carbocycles. The number of nitrogens with zero attached hydrogens (tertiary/aromatic N) is 2. The number of ether oxygens (including phenoxy) is 1. The van der Waals surface area contributed by atoms with E-state index in [0.29, 0.717) is 6.54 Å². The van der Waals surface area contributed by atoms with Crippen LogP contribution < -0.4 is 0 Å². The summed E-state index contributed by atoms with van der Waals surface area (Å²) in [5, 5.41) is 0. The highest BCUT2D eigenvalue weighted by Gasteiger charge is 2.19. The number of carbonyl (C=O) groups is 1. The van der Waals surface area contributed by atoms with Gasteiger partial charge in [-0.15, -0.1) is 0 Å². The molecular formula is C42H78N2O2. The molecule has 1 atom stereocenters. The van der Waals surface area contributed by atoms with Crippen molar-refractivity contribution in [3.8, 4) is 0 Å². The summed E-state index contributed by atoms with van der Waals surface area (Å²) in [5.41, 5.74) is 0. The third kappa shape index (κ3) is 32.1. The predicted molar refractivity (Wildman–Crippen MR) is 205 cm³/mol.